The predicted octanol–water partition coefficient (Wildman–Crippen LogP) is 3.20. The van der Waals surface area contributed by atoms with Gasteiger partial charge in [0, 0.05) is 45.2 Å². The maximum absolute atomic E-state index is 14.0. The molecule has 5 N–H and O–H groups in total. The van der Waals surface area contributed by atoms with E-state index >= 15 is 0 Å². The number of ether oxygens (including phenoxy) is 1. The Balaban J connectivity index is 1.53. The highest BCUT2D eigenvalue weighted by Gasteiger charge is 2.50. The zero-order valence-corrected chi connectivity index (χ0v) is 27.6. The SMILES string of the molecule is CC[C@@H](NC(=O)COc1cccc2cnccc12)C(=S)[C@@H](Cc1ccccc1)[C@](N)(O)C(=O)N1CSC[C@H]1C(=O)NC(C)(C)C. The number of carbonyl (C=O) groups excluding carboxylic acids is 3. The molecule has 1 aliphatic heterocycles. The summed E-state index contributed by atoms with van der Waals surface area (Å²) in [5, 5.41) is 19.3. The molecule has 0 spiro atoms. The molecule has 4 rings (SSSR count). The van der Waals surface area contributed by atoms with Crippen molar-refractivity contribution < 1.29 is 24.2 Å². The number of nitrogens with one attached hydrogen (secondary N) is 2. The Morgan fingerprint density at radius 3 is 2.58 bits per heavy atom. The fourth-order valence-electron chi connectivity index (χ4n) is 5.23. The molecule has 0 unspecified atom stereocenters. The first kappa shape index (κ1) is 34.3. The highest BCUT2D eigenvalue weighted by Crippen LogP contribution is 2.30. The third-order valence-electron chi connectivity index (χ3n) is 7.53. The fourth-order valence-corrected chi connectivity index (χ4v) is 6.87. The summed E-state index contributed by atoms with van der Waals surface area (Å²) in [6.07, 6.45) is 3.90. The number of pyridine rings is 1. The van der Waals surface area contributed by atoms with Gasteiger partial charge in [-0.15, -0.1) is 11.8 Å². The zero-order chi connectivity index (χ0) is 32.8. The molecule has 10 nitrogen and oxygen atoms in total. The van der Waals surface area contributed by atoms with Crippen molar-refractivity contribution in [1.29, 1.82) is 0 Å². The van der Waals surface area contributed by atoms with Crippen LogP contribution in [0.3, 0.4) is 0 Å². The molecular weight excluding hydrogens is 611 g/mol. The molecule has 45 heavy (non-hydrogen) atoms. The summed E-state index contributed by atoms with van der Waals surface area (Å²) < 4.78 is 5.85. The van der Waals surface area contributed by atoms with Gasteiger partial charge in [-0.05, 0) is 51.3 Å². The average Bonchev–Trinajstić information content (AvgIpc) is 3.50. The first-order chi connectivity index (χ1) is 21.3. The lowest BCUT2D eigenvalue weighted by atomic mass is 9.82. The number of fused-ring (bicyclic) bond motifs is 1. The first-order valence-electron chi connectivity index (χ1n) is 14.9. The second-order valence-corrected chi connectivity index (χ2v) is 13.6. The molecule has 1 aromatic heterocycles. The molecule has 3 amide bonds. The van der Waals surface area contributed by atoms with Crippen LogP contribution in [-0.2, 0) is 20.8 Å². The van der Waals surface area contributed by atoms with Gasteiger partial charge >= 0.3 is 0 Å². The molecule has 4 atom stereocenters. The van der Waals surface area contributed by atoms with Crippen molar-refractivity contribution in [2.24, 2.45) is 11.7 Å². The summed E-state index contributed by atoms with van der Waals surface area (Å²) >= 11 is 7.30. The lowest BCUT2D eigenvalue weighted by Crippen LogP contribution is -2.66. The summed E-state index contributed by atoms with van der Waals surface area (Å²) in [5.41, 5.74) is 4.37. The van der Waals surface area contributed by atoms with E-state index in [1.54, 1.807) is 18.5 Å². The third-order valence-corrected chi connectivity index (χ3v) is 9.11. The monoisotopic (exact) mass is 651 g/mol. The Hall–Kier alpha value is -3.58. The number of benzene rings is 2. The maximum atomic E-state index is 14.0. The Bertz CT molecular complexity index is 1520. The number of thiocarbonyl (C=S) groups is 1. The highest BCUT2D eigenvalue weighted by atomic mass is 32.2. The van der Waals surface area contributed by atoms with Crippen molar-refractivity contribution in [1.82, 2.24) is 20.5 Å². The average molecular weight is 652 g/mol. The molecule has 1 saturated heterocycles. The number of aliphatic hydroxyl groups is 1. The Morgan fingerprint density at radius 2 is 1.89 bits per heavy atom. The van der Waals surface area contributed by atoms with Gasteiger partial charge < -0.3 is 25.4 Å². The fraction of sp³-hybridized carbons (Fsp3) is 0.424. The molecule has 2 aromatic carbocycles. The van der Waals surface area contributed by atoms with Crippen LogP contribution >= 0.6 is 24.0 Å². The maximum Gasteiger partial charge on any atom is 0.271 e. The lowest BCUT2D eigenvalue weighted by molar-refractivity contribution is -0.157. The number of carbonyl (C=O) groups is 3. The Morgan fingerprint density at radius 1 is 1.16 bits per heavy atom. The van der Waals surface area contributed by atoms with Crippen molar-refractivity contribution >= 4 is 57.3 Å². The van der Waals surface area contributed by atoms with Gasteiger partial charge in [-0.3, -0.25) is 25.1 Å². The molecule has 240 valence electrons. The van der Waals surface area contributed by atoms with Gasteiger partial charge in [0.05, 0.1) is 11.9 Å². The van der Waals surface area contributed by atoms with Crippen molar-refractivity contribution in [2.75, 3.05) is 18.2 Å². The summed E-state index contributed by atoms with van der Waals surface area (Å²) in [6, 6.07) is 15.1. The molecule has 1 aliphatic rings. The smallest absolute Gasteiger partial charge is 0.271 e. The molecular formula is C33H41N5O5S2. The van der Waals surface area contributed by atoms with Crippen LogP contribution in [0.2, 0.25) is 0 Å². The van der Waals surface area contributed by atoms with Crippen LogP contribution in [0.1, 0.15) is 39.7 Å². The van der Waals surface area contributed by atoms with E-state index in [0.29, 0.717) is 17.9 Å². The minimum absolute atomic E-state index is 0.144. The number of nitrogens with zero attached hydrogens (tertiary/aromatic N) is 2. The van der Waals surface area contributed by atoms with Crippen LogP contribution in [0.5, 0.6) is 5.75 Å². The van der Waals surface area contributed by atoms with Gasteiger partial charge in [-0.1, -0.05) is 61.6 Å². The predicted molar refractivity (Wildman–Crippen MR) is 181 cm³/mol. The van der Waals surface area contributed by atoms with Crippen molar-refractivity contribution in [2.45, 2.75) is 63.9 Å². The van der Waals surface area contributed by atoms with E-state index in [2.05, 4.69) is 15.6 Å². The summed E-state index contributed by atoms with van der Waals surface area (Å²) in [4.78, 5) is 45.8. The first-order valence-corrected chi connectivity index (χ1v) is 16.4. The van der Waals surface area contributed by atoms with E-state index < -0.39 is 41.1 Å². The normalized spacial score (nSPS) is 17.6. The quantitative estimate of drug-likeness (QED) is 0.171. The topological polar surface area (TPSA) is 147 Å². The van der Waals surface area contributed by atoms with Crippen LogP contribution in [-0.4, -0.2) is 79.2 Å². The van der Waals surface area contributed by atoms with Gasteiger partial charge in [-0.2, -0.15) is 0 Å². The van der Waals surface area contributed by atoms with Crippen LogP contribution in [0.4, 0.5) is 0 Å². The summed E-state index contributed by atoms with van der Waals surface area (Å²) in [7, 11) is 0. The van der Waals surface area contributed by atoms with Crippen molar-refractivity contribution in [3.8, 4) is 5.75 Å². The highest BCUT2D eigenvalue weighted by molar-refractivity contribution is 7.99. The van der Waals surface area contributed by atoms with Gasteiger partial charge in [0.1, 0.15) is 11.8 Å². The van der Waals surface area contributed by atoms with E-state index in [9.17, 15) is 19.5 Å². The largest absolute Gasteiger partial charge is 0.483 e. The number of aromatic nitrogens is 1. The van der Waals surface area contributed by atoms with E-state index in [-0.39, 0.29) is 29.7 Å². The molecule has 0 aliphatic carbocycles. The third kappa shape index (κ3) is 8.57. The Labute approximate surface area is 273 Å². The number of amides is 3. The van der Waals surface area contributed by atoms with Gasteiger partial charge in [-0.25, -0.2) is 0 Å². The van der Waals surface area contributed by atoms with Crippen molar-refractivity contribution in [3.05, 3.63) is 72.6 Å². The molecule has 3 aromatic rings. The standard InChI is InChI=1S/C33H41N5O5S2/c1-5-25(36-28(39)18-43-27-13-9-12-22-17-35-15-14-23(22)27)29(44)24(16-21-10-7-6-8-11-21)33(34,42)31(41)38-20-45-19-26(38)30(40)37-32(2,3)4/h6-15,17,24-26,42H,5,16,18-20,34H2,1-4H3,(H,36,39)(H,37,40)/t24-,25-,26+,33+/m1/s1. The number of hydrogen-bond donors (Lipinski definition) is 4. The van der Waals surface area contributed by atoms with Gasteiger partial charge in [0.2, 0.25) is 11.6 Å². The summed E-state index contributed by atoms with van der Waals surface area (Å²) in [5.74, 6) is -1.48. The van der Waals surface area contributed by atoms with E-state index in [1.807, 2.05) is 76.2 Å². The van der Waals surface area contributed by atoms with Gasteiger partial charge in [0.25, 0.3) is 11.8 Å². The number of rotatable bonds is 12. The van der Waals surface area contributed by atoms with E-state index in [4.69, 9.17) is 22.7 Å². The molecule has 2 heterocycles. The summed E-state index contributed by atoms with van der Waals surface area (Å²) in [6.45, 7) is 7.14. The second kappa shape index (κ2) is 14.7. The van der Waals surface area contributed by atoms with E-state index in [0.717, 1.165) is 16.3 Å². The van der Waals surface area contributed by atoms with Gasteiger partial charge in [0.15, 0.2) is 6.61 Å². The van der Waals surface area contributed by atoms with Crippen molar-refractivity contribution in [3.63, 3.8) is 0 Å². The number of hydrogen-bond acceptors (Lipinski definition) is 9. The Kier molecular flexibility index (Phi) is 11.2. The number of nitrogens with two attached hydrogens (primary N) is 1. The zero-order valence-electron chi connectivity index (χ0n) is 26.0. The molecule has 12 heteroatoms. The van der Waals surface area contributed by atoms with Crippen LogP contribution in [0.25, 0.3) is 10.8 Å². The lowest BCUT2D eigenvalue weighted by Gasteiger charge is -2.38. The number of thioether (sulfide) groups is 1. The van der Waals surface area contributed by atoms with E-state index in [1.165, 1.54) is 16.7 Å². The minimum Gasteiger partial charge on any atom is -0.483 e. The minimum atomic E-state index is -2.45. The molecule has 1 fully saturated rings. The van der Waals surface area contributed by atoms with Crippen LogP contribution in [0.15, 0.2) is 67.0 Å². The molecule has 0 radical (unpaired) electrons. The van der Waals surface area contributed by atoms with Crippen LogP contribution < -0.4 is 21.1 Å². The molecule has 0 saturated carbocycles. The van der Waals surface area contributed by atoms with Crippen LogP contribution in [0, 0.1) is 5.92 Å². The second-order valence-electron chi connectivity index (χ2n) is 12.2. The molecule has 0 bridgehead atoms.